The van der Waals surface area contributed by atoms with Gasteiger partial charge >= 0.3 is 0 Å². The molecule has 26 heavy (non-hydrogen) atoms. The van der Waals surface area contributed by atoms with Gasteiger partial charge < -0.3 is 9.64 Å². The Labute approximate surface area is 152 Å². The van der Waals surface area contributed by atoms with E-state index in [1.807, 2.05) is 18.2 Å². The Morgan fingerprint density at radius 3 is 2.69 bits per heavy atom. The fourth-order valence-corrected chi connectivity index (χ4v) is 6.44. The van der Waals surface area contributed by atoms with E-state index in [0.717, 1.165) is 12.8 Å². The maximum absolute atomic E-state index is 12.9. The highest BCUT2D eigenvalue weighted by Gasteiger charge is 2.71. The molecule has 4 aliphatic rings. The van der Waals surface area contributed by atoms with E-state index in [9.17, 15) is 18.0 Å². The monoisotopic (exact) mass is 375 g/mol. The van der Waals surface area contributed by atoms with Crippen LogP contribution in [0.3, 0.4) is 0 Å². The molecule has 5 rings (SSSR count). The van der Waals surface area contributed by atoms with Crippen LogP contribution in [0.15, 0.2) is 24.3 Å². The molecule has 4 atom stereocenters. The topological polar surface area (TPSA) is 80.8 Å². The van der Waals surface area contributed by atoms with Crippen molar-refractivity contribution < 1.29 is 22.7 Å². The zero-order valence-corrected chi connectivity index (χ0v) is 15.2. The zero-order valence-electron chi connectivity index (χ0n) is 14.4. The molecule has 2 aliphatic heterocycles. The van der Waals surface area contributed by atoms with Gasteiger partial charge in [0.05, 0.1) is 23.5 Å². The minimum absolute atomic E-state index is 0.0453. The SMILES string of the molecule is O=C1C[C@]2(CC[C@@H]3[C@@H](C(=O)N4CCS(=O)(=O)CC4)[C@H]32)Oc2ccccc21. The third-order valence-electron chi connectivity index (χ3n) is 6.58. The highest BCUT2D eigenvalue weighted by atomic mass is 32.2. The van der Waals surface area contributed by atoms with Crippen LogP contribution in [0.1, 0.15) is 29.6 Å². The molecule has 0 unspecified atom stereocenters. The first-order chi connectivity index (χ1) is 12.4. The Balaban J connectivity index is 1.36. The molecule has 0 N–H and O–H groups in total. The number of amides is 1. The molecule has 2 saturated carbocycles. The third kappa shape index (κ3) is 2.32. The van der Waals surface area contributed by atoms with E-state index in [1.54, 1.807) is 11.0 Å². The number of ether oxygens (including phenoxy) is 1. The van der Waals surface area contributed by atoms with Crippen molar-refractivity contribution >= 4 is 21.5 Å². The molecule has 1 aromatic carbocycles. The van der Waals surface area contributed by atoms with E-state index in [1.165, 1.54) is 0 Å². The van der Waals surface area contributed by atoms with Gasteiger partial charge in [-0.3, -0.25) is 9.59 Å². The van der Waals surface area contributed by atoms with Crippen molar-refractivity contribution in [1.82, 2.24) is 4.90 Å². The lowest BCUT2D eigenvalue weighted by Crippen LogP contribution is -2.47. The first-order valence-electron chi connectivity index (χ1n) is 9.21. The first kappa shape index (κ1) is 16.3. The molecular formula is C19H21NO5S. The van der Waals surface area contributed by atoms with Gasteiger partial charge in [0.1, 0.15) is 11.4 Å². The fourth-order valence-electron chi connectivity index (χ4n) is 5.24. The number of carbonyl (C=O) groups is 2. The molecule has 2 aliphatic carbocycles. The standard InChI is InChI=1S/C19H21NO5S/c21-14-11-19(25-15-4-2-1-3-12(14)15)6-5-13-16(17(13)19)18(22)20-7-9-26(23,24)10-8-20/h1-4,13,16-17H,5-11H2/t13-,16-,17+,19+/m1/s1. The largest absolute Gasteiger partial charge is 0.486 e. The molecule has 2 heterocycles. The number of carbonyl (C=O) groups excluding carboxylic acids is 2. The van der Waals surface area contributed by atoms with Crippen LogP contribution >= 0.6 is 0 Å². The number of hydrogen-bond acceptors (Lipinski definition) is 5. The normalized spacial score (nSPS) is 37.0. The van der Waals surface area contributed by atoms with Crippen LogP contribution in [-0.2, 0) is 14.6 Å². The quantitative estimate of drug-likeness (QED) is 0.739. The number of nitrogens with zero attached hydrogens (tertiary/aromatic N) is 1. The molecule has 0 radical (unpaired) electrons. The summed E-state index contributed by atoms with van der Waals surface area (Å²) in [5.74, 6) is 1.08. The smallest absolute Gasteiger partial charge is 0.226 e. The number of fused-ring (bicyclic) bond motifs is 3. The average molecular weight is 375 g/mol. The Bertz CT molecular complexity index is 896. The molecule has 7 heteroatoms. The van der Waals surface area contributed by atoms with Crippen LogP contribution in [0.2, 0.25) is 0 Å². The summed E-state index contributed by atoms with van der Waals surface area (Å²) < 4.78 is 29.5. The summed E-state index contributed by atoms with van der Waals surface area (Å²) in [6.45, 7) is 0.569. The number of rotatable bonds is 1. The van der Waals surface area contributed by atoms with Crippen molar-refractivity contribution in [3.05, 3.63) is 29.8 Å². The molecule has 1 amide bonds. The first-order valence-corrected chi connectivity index (χ1v) is 11.0. The van der Waals surface area contributed by atoms with Crippen molar-refractivity contribution in [2.75, 3.05) is 24.6 Å². The summed E-state index contributed by atoms with van der Waals surface area (Å²) in [6.07, 6.45) is 2.03. The number of sulfone groups is 1. The van der Waals surface area contributed by atoms with Gasteiger partial charge in [-0.05, 0) is 30.9 Å². The van der Waals surface area contributed by atoms with Crippen LogP contribution in [0.25, 0.3) is 0 Å². The van der Waals surface area contributed by atoms with Gasteiger partial charge in [-0.2, -0.15) is 0 Å². The van der Waals surface area contributed by atoms with Gasteiger partial charge in [-0.15, -0.1) is 0 Å². The third-order valence-corrected chi connectivity index (χ3v) is 8.19. The number of para-hydroxylation sites is 1. The fraction of sp³-hybridized carbons (Fsp3) is 0.579. The summed E-state index contributed by atoms with van der Waals surface area (Å²) in [6, 6.07) is 7.32. The van der Waals surface area contributed by atoms with E-state index < -0.39 is 15.4 Å². The Morgan fingerprint density at radius 2 is 1.92 bits per heavy atom. The molecule has 3 fully saturated rings. The highest BCUT2D eigenvalue weighted by molar-refractivity contribution is 7.91. The number of Topliss-reactive ketones (excluding diaryl/α,β-unsaturated/α-hetero) is 1. The van der Waals surface area contributed by atoms with Crippen LogP contribution in [0, 0.1) is 17.8 Å². The highest BCUT2D eigenvalue weighted by Crippen LogP contribution is 2.66. The summed E-state index contributed by atoms with van der Waals surface area (Å²) in [4.78, 5) is 27.2. The van der Waals surface area contributed by atoms with Gasteiger partial charge in [0.2, 0.25) is 5.91 Å². The number of ketones is 1. The van der Waals surface area contributed by atoms with Gasteiger partial charge in [-0.25, -0.2) is 8.42 Å². The Morgan fingerprint density at radius 1 is 1.19 bits per heavy atom. The molecular weight excluding hydrogens is 354 g/mol. The van der Waals surface area contributed by atoms with E-state index in [4.69, 9.17) is 4.74 Å². The van der Waals surface area contributed by atoms with Crippen molar-refractivity contribution in [2.45, 2.75) is 24.9 Å². The summed E-state index contributed by atoms with van der Waals surface area (Å²) >= 11 is 0. The second-order valence-corrected chi connectivity index (χ2v) is 10.3. The number of benzene rings is 1. The average Bonchev–Trinajstić information content (AvgIpc) is 3.25. The molecule has 0 aromatic heterocycles. The van der Waals surface area contributed by atoms with Gasteiger partial charge in [0.25, 0.3) is 0 Å². The van der Waals surface area contributed by atoms with E-state index in [-0.39, 0.29) is 54.0 Å². The molecule has 6 nitrogen and oxygen atoms in total. The molecule has 138 valence electrons. The van der Waals surface area contributed by atoms with Crippen LogP contribution < -0.4 is 4.74 Å². The maximum Gasteiger partial charge on any atom is 0.226 e. The zero-order chi connectivity index (χ0) is 18.1. The van der Waals surface area contributed by atoms with E-state index in [2.05, 4.69) is 0 Å². The second kappa shape index (κ2) is 5.31. The lowest BCUT2D eigenvalue weighted by molar-refractivity contribution is -0.134. The summed E-state index contributed by atoms with van der Waals surface area (Å²) in [7, 11) is -3.00. The van der Waals surface area contributed by atoms with Crippen LogP contribution in [0.5, 0.6) is 5.75 Å². The van der Waals surface area contributed by atoms with E-state index in [0.29, 0.717) is 17.7 Å². The minimum Gasteiger partial charge on any atom is -0.486 e. The molecule has 1 spiro atoms. The van der Waals surface area contributed by atoms with Crippen LogP contribution in [0.4, 0.5) is 0 Å². The summed E-state index contributed by atoms with van der Waals surface area (Å²) in [5, 5.41) is 0. The van der Waals surface area contributed by atoms with E-state index >= 15 is 0 Å². The van der Waals surface area contributed by atoms with Gasteiger partial charge in [0.15, 0.2) is 15.6 Å². The lowest BCUT2D eigenvalue weighted by atomic mass is 9.84. The van der Waals surface area contributed by atoms with Crippen molar-refractivity contribution in [3.63, 3.8) is 0 Å². The van der Waals surface area contributed by atoms with Crippen molar-refractivity contribution in [1.29, 1.82) is 0 Å². The minimum atomic E-state index is -3.00. The predicted molar refractivity (Wildman–Crippen MR) is 93.7 cm³/mol. The van der Waals surface area contributed by atoms with Crippen LogP contribution in [-0.4, -0.2) is 55.2 Å². The lowest BCUT2D eigenvalue weighted by Gasteiger charge is -2.37. The second-order valence-electron chi connectivity index (χ2n) is 7.99. The summed E-state index contributed by atoms with van der Waals surface area (Å²) in [5.41, 5.74) is 0.0736. The Kier molecular flexibility index (Phi) is 3.33. The van der Waals surface area contributed by atoms with Gasteiger partial charge in [-0.1, -0.05) is 12.1 Å². The van der Waals surface area contributed by atoms with Crippen molar-refractivity contribution in [2.24, 2.45) is 17.8 Å². The molecule has 1 aromatic rings. The van der Waals surface area contributed by atoms with Gasteiger partial charge in [0, 0.05) is 24.9 Å². The Hall–Kier alpha value is -1.89. The predicted octanol–water partition coefficient (Wildman–Crippen LogP) is 1.30. The maximum atomic E-state index is 12.9. The van der Waals surface area contributed by atoms with Crippen molar-refractivity contribution in [3.8, 4) is 5.75 Å². The molecule has 0 bridgehead atoms. The number of hydrogen-bond donors (Lipinski definition) is 0. The molecule has 1 saturated heterocycles.